The highest BCUT2D eigenvalue weighted by atomic mass is 16.1. The lowest BCUT2D eigenvalue weighted by atomic mass is 10.1. The van der Waals surface area contributed by atoms with Gasteiger partial charge in [0.15, 0.2) is 0 Å². The maximum absolute atomic E-state index is 11.5. The molecule has 0 aromatic heterocycles. The summed E-state index contributed by atoms with van der Waals surface area (Å²) in [5, 5.41) is 0. The molecule has 0 radical (unpaired) electrons. The van der Waals surface area contributed by atoms with Gasteiger partial charge < -0.3 is 0 Å². The summed E-state index contributed by atoms with van der Waals surface area (Å²) in [7, 11) is 0. The molecule has 0 amide bonds. The van der Waals surface area contributed by atoms with E-state index in [0.717, 1.165) is 0 Å². The second-order valence-electron chi connectivity index (χ2n) is 4.48. The molecule has 2 nitrogen and oxygen atoms in total. The third-order valence-corrected chi connectivity index (χ3v) is 2.31. The number of hydrogen-bond donors (Lipinski definition) is 0. The number of carbonyl (C=O) groups excluding carboxylic acids is 1. The van der Waals surface area contributed by atoms with Crippen molar-refractivity contribution < 1.29 is 4.79 Å². The average molecular weight is 185 g/mol. The quantitative estimate of drug-likeness (QED) is 0.655. The van der Waals surface area contributed by atoms with Crippen LogP contribution in [0.5, 0.6) is 0 Å². The summed E-state index contributed by atoms with van der Waals surface area (Å²) in [5.74, 6) is 0.488. The number of rotatable bonds is 5. The minimum absolute atomic E-state index is 0.153. The van der Waals surface area contributed by atoms with Crippen LogP contribution in [-0.4, -0.2) is 29.3 Å². The van der Waals surface area contributed by atoms with E-state index in [1.165, 1.54) is 0 Å². The second kappa shape index (κ2) is 5.38. The maximum atomic E-state index is 11.5. The zero-order valence-corrected chi connectivity index (χ0v) is 9.79. The first-order chi connectivity index (χ1) is 5.86. The molecule has 0 aromatic rings. The SMILES string of the molecule is CC(C)C(=O)CN(C(C)C)C(C)C. The van der Waals surface area contributed by atoms with Crippen LogP contribution in [0.3, 0.4) is 0 Å². The minimum atomic E-state index is 0.153. The average Bonchev–Trinajstić information content (AvgIpc) is 1.97. The number of carbonyl (C=O) groups is 1. The van der Waals surface area contributed by atoms with Gasteiger partial charge in [0.2, 0.25) is 0 Å². The van der Waals surface area contributed by atoms with Gasteiger partial charge in [0.1, 0.15) is 5.78 Å². The van der Waals surface area contributed by atoms with Crippen molar-refractivity contribution in [2.75, 3.05) is 6.54 Å². The number of ketones is 1. The molecule has 78 valence electrons. The van der Waals surface area contributed by atoms with E-state index in [-0.39, 0.29) is 5.92 Å². The lowest BCUT2D eigenvalue weighted by molar-refractivity contribution is -0.124. The molecule has 0 fully saturated rings. The van der Waals surface area contributed by atoms with Crippen LogP contribution in [0.1, 0.15) is 41.5 Å². The van der Waals surface area contributed by atoms with Gasteiger partial charge in [-0.05, 0) is 27.7 Å². The molecule has 13 heavy (non-hydrogen) atoms. The first-order valence-electron chi connectivity index (χ1n) is 5.14. The molecule has 0 bridgehead atoms. The monoisotopic (exact) mass is 185 g/mol. The third-order valence-electron chi connectivity index (χ3n) is 2.31. The molecular weight excluding hydrogens is 162 g/mol. The summed E-state index contributed by atoms with van der Waals surface area (Å²) in [6.45, 7) is 13.0. The number of nitrogens with zero attached hydrogens (tertiary/aromatic N) is 1. The lowest BCUT2D eigenvalue weighted by Crippen LogP contribution is -2.41. The van der Waals surface area contributed by atoms with Gasteiger partial charge in [-0.15, -0.1) is 0 Å². The molecule has 0 unspecified atom stereocenters. The Morgan fingerprint density at radius 1 is 1.00 bits per heavy atom. The molecule has 0 saturated carbocycles. The smallest absolute Gasteiger partial charge is 0.149 e. The maximum Gasteiger partial charge on any atom is 0.149 e. The molecular formula is C11H23NO. The number of hydrogen-bond acceptors (Lipinski definition) is 2. The number of Topliss-reactive ketones (excluding diaryl/α,β-unsaturated/α-hetero) is 1. The van der Waals surface area contributed by atoms with E-state index in [0.29, 0.717) is 24.4 Å². The summed E-state index contributed by atoms with van der Waals surface area (Å²) >= 11 is 0. The van der Waals surface area contributed by atoms with Gasteiger partial charge in [-0.2, -0.15) is 0 Å². The van der Waals surface area contributed by atoms with Crippen LogP contribution in [0.2, 0.25) is 0 Å². The molecule has 0 saturated heterocycles. The minimum Gasteiger partial charge on any atom is -0.298 e. The fourth-order valence-corrected chi connectivity index (χ4v) is 1.32. The third kappa shape index (κ3) is 4.41. The summed E-state index contributed by atoms with van der Waals surface area (Å²) < 4.78 is 0. The fraction of sp³-hybridized carbons (Fsp3) is 0.909. The van der Waals surface area contributed by atoms with Crippen molar-refractivity contribution in [3.05, 3.63) is 0 Å². The van der Waals surface area contributed by atoms with Gasteiger partial charge in [-0.3, -0.25) is 9.69 Å². The van der Waals surface area contributed by atoms with E-state index in [1.807, 2.05) is 13.8 Å². The predicted molar refractivity (Wildman–Crippen MR) is 56.8 cm³/mol. The fourth-order valence-electron chi connectivity index (χ4n) is 1.32. The first-order valence-corrected chi connectivity index (χ1v) is 5.14. The van der Waals surface area contributed by atoms with Crippen LogP contribution in [0.25, 0.3) is 0 Å². The van der Waals surface area contributed by atoms with E-state index in [2.05, 4.69) is 32.6 Å². The van der Waals surface area contributed by atoms with E-state index in [9.17, 15) is 4.79 Å². The molecule has 2 heteroatoms. The molecule has 0 atom stereocenters. The van der Waals surface area contributed by atoms with E-state index >= 15 is 0 Å². The first kappa shape index (κ1) is 12.6. The molecule has 0 rings (SSSR count). The Bertz CT molecular complexity index is 153. The molecule has 0 aliphatic carbocycles. The van der Waals surface area contributed by atoms with Gasteiger partial charge >= 0.3 is 0 Å². The predicted octanol–water partition coefficient (Wildman–Crippen LogP) is 2.33. The second-order valence-corrected chi connectivity index (χ2v) is 4.48. The van der Waals surface area contributed by atoms with Crippen LogP contribution < -0.4 is 0 Å². The Morgan fingerprint density at radius 2 is 1.38 bits per heavy atom. The topological polar surface area (TPSA) is 20.3 Å². The van der Waals surface area contributed by atoms with Crippen LogP contribution in [0.15, 0.2) is 0 Å². The van der Waals surface area contributed by atoms with Crippen LogP contribution in [0, 0.1) is 5.92 Å². The van der Waals surface area contributed by atoms with Gasteiger partial charge in [0.25, 0.3) is 0 Å². The van der Waals surface area contributed by atoms with Crippen LogP contribution in [0.4, 0.5) is 0 Å². The summed E-state index contributed by atoms with van der Waals surface area (Å²) in [5.41, 5.74) is 0. The van der Waals surface area contributed by atoms with E-state index < -0.39 is 0 Å². The van der Waals surface area contributed by atoms with E-state index in [4.69, 9.17) is 0 Å². The van der Waals surface area contributed by atoms with Gasteiger partial charge in [-0.25, -0.2) is 0 Å². The Labute approximate surface area is 82.3 Å². The zero-order valence-electron chi connectivity index (χ0n) is 9.79. The Morgan fingerprint density at radius 3 is 1.62 bits per heavy atom. The van der Waals surface area contributed by atoms with Crippen molar-refractivity contribution in [2.24, 2.45) is 5.92 Å². The van der Waals surface area contributed by atoms with Crippen molar-refractivity contribution in [2.45, 2.75) is 53.6 Å². The van der Waals surface area contributed by atoms with Gasteiger partial charge in [0, 0.05) is 18.0 Å². The van der Waals surface area contributed by atoms with Crippen molar-refractivity contribution in [1.29, 1.82) is 0 Å². The van der Waals surface area contributed by atoms with Crippen molar-refractivity contribution in [3.8, 4) is 0 Å². The summed E-state index contributed by atoms with van der Waals surface area (Å²) in [6.07, 6.45) is 0. The Kier molecular flexibility index (Phi) is 5.23. The molecule has 0 aliphatic heterocycles. The molecule has 0 heterocycles. The molecule has 0 aliphatic rings. The van der Waals surface area contributed by atoms with Crippen LogP contribution >= 0.6 is 0 Å². The highest BCUT2D eigenvalue weighted by Crippen LogP contribution is 2.06. The summed E-state index contributed by atoms with van der Waals surface area (Å²) in [6, 6.07) is 0.894. The Balaban J connectivity index is 4.19. The van der Waals surface area contributed by atoms with Crippen molar-refractivity contribution >= 4 is 5.78 Å². The van der Waals surface area contributed by atoms with Gasteiger partial charge in [-0.1, -0.05) is 13.8 Å². The molecule has 0 N–H and O–H groups in total. The standard InChI is InChI=1S/C11H23NO/c1-8(2)11(13)7-12(9(3)4)10(5)6/h8-10H,7H2,1-6H3. The summed E-state index contributed by atoms with van der Waals surface area (Å²) in [4.78, 5) is 13.7. The zero-order chi connectivity index (χ0) is 10.6. The van der Waals surface area contributed by atoms with Crippen LogP contribution in [-0.2, 0) is 4.79 Å². The highest BCUT2D eigenvalue weighted by molar-refractivity contribution is 5.82. The van der Waals surface area contributed by atoms with E-state index in [1.54, 1.807) is 0 Å². The largest absolute Gasteiger partial charge is 0.298 e. The Hall–Kier alpha value is -0.370. The van der Waals surface area contributed by atoms with Crippen molar-refractivity contribution in [1.82, 2.24) is 4.90 Å². The van der Waals surface area contributed by atoms with Gasteiger partial charge in [0.05, 0.1) is 6.54 Å². The normalized spacial score (nSPS) is 12.2. The van der Waals surface area contributed by atoms with Crippen molar-refractivity contribution in [3.63, 3.8) is 0 Å². The molecule has 0 spiro atoms. The molecule has 0 aromatic carbocycles. The highest BCUT2D eigenvalue weighted by Gasteiger charge is 2.18. The lowest BCUT2D eigenvalue weighted by Gasteiger charge is -2.30.